The van der Waals surface area contributed by atoms with Gasteiger partial charge < -0.3 is 4.90 Å². The summed E-state index contributed by atoms with van der Waals surface area (Å²) in [6, 6.07) is 11.1. The molecule has 0 saturated carbocycles. The molecule has 0 unspecified atom stereocenters. The second-order valence-electron chi connectivity index (χ2n) is 8.82. The lowest BCUT2D eigenvalue weighted by Crippen LogP contribution is -2.58. The van der Waals surface area contributed by atoms with Crippen LogP contribution in [0, 0.1) is 0 Å². The Morgan fingerprint density at radius 2 is 1.94 bits per heavy atom. The van der Waals surface area contributed by atoms with E-state index in [0.29, 0.717) is 22.7 Å². The SMILES string of the molecule is CC[C@H]1CN(c2ncc(C(=O)NN)cc2Cl)CCN1C1CCN(C(=P)c2ccc(Br)cc2)CC1.[HH]. The molecule has 10 heteroatoms. The molecule has 7 nitrogen and oxygen atoms in total. The highest BCUT2D eigenvalue weighted by molar-refractivity contribution is 9.10. The fourth-order valence-electron chi connectivity index (χ4n) is 4.99. The summed E-state index contributed by atoms with van der Waals surface area (Å²) >= 11 is 10.0. The Morgan fingerprint density at radius 1 is 1.24 bits per heavy atom. The van der Waals surface area contributed by atoms with Gasteiger partial charge >= 0.3 is 0 Å². The third-order valence-electron chi connectivity index (χ3n) is 6.88. The summed E-state index contributed by atoms with van der Waals surface area (Å²) in [6.45, 7) is 7.03. The molecule has 0 bridgehead atoms. The number of nitrogens with one attached hydrogen (secondary N) is 1. The zero-order valence-corrected chi connectivity index (χ0v) is 22.6. The van der Waals surface area contributed by atoms with E-state index >= 15 is 0 Å². The molecule has 1 aromatic carbocycles. The lowest BCUT2D eigenvalue weighted by atomic mass is 9.97. The third kappa shape index (κ3) is 5.64. The number of rotatable bonds is 6. The number of piperazine rings is 1. The lowest BCUT2D eigenvalue weighted by molar-refractivity contribution is 0.0790. The number of anilines is 1. The number of carbonyl (C=O) groups excluding carboxylic acids is 1. The Labute approximate surface area is 218 Å². The molecule has 0 radical (unpaired) electrons. The maximum atomic E-state index is 11.8. The lowest BCUT2D eigenvalue weighted by Gasteiger charge is -2.48. The minimum absolute atomic E-state index is 0. The van der Waals surface area contributed by atoms with Gasteiger partial charge in [0.1, 0.15) is 5.82 Å². The van der Waals surface area contributed by atoms with E-state index in [1.54, 1.807) is 6.07 Å². The molecule has 4 rings (SSSR count). The second kappa shape index (κ2) is 11.5. The fourth-order valence-corrected chi connectivity index (χ4v) is 5.93. The third-order valence-corrected chi connectivity index (χ3v) is 8.29. The van der Waals surface area contributed by atoms with E-state index in [1.807, 2.05) is 0 Å². The van der Waals surface area contributed by atoms with E-state index < -0.39 is 5.91 Å². The first-order valence-corrected chi connectivity index (χ1v) is 13.3. The molecule has 2 aliphatic rings. The molecule has 34 heavy (non-hydrogen) atoms. The molecule has 0 spiro atoms. The van der Waals surface area contributed by atoms with Crippen molar-refractivity contribution in [2.24, 2.45) is 5.84 Å². The van der Waals surface area contributed by atoms with Crippen LogP contribution < -0.4 is 16.2 Å². The van der Waals surface area contributed by atoms with E-state index in [2.05, 4.69) is 81.1 Å². The summed E-state index contributed by atoms with van der Waals surface area (Å²) < 4.78 is 1.09. The van der Waals surface area contributed by atoms with Crippen LogP contribution in [0.15, 0.2) is 41.0 Å². The maximum absolute atomic E-state index is 11.8. The first-order valence-electron chi connectivity index (χ1n) is 11.7. The van der Waals surface area contributed by atoms with Gasteiger partial charge in [-0.1, -0.05) is 46.6 Å². The highest BCUT2D eigenvalue weighted by Gasteiger charge is 2.34. The first-order chi connectivity index (χ1) is 16.4. The smallest absolute Gasteiger partial charge is 0.266 e. The Kier molecular flexibility index (Phi) is 8.61. The minimum atomic E-state index is -0.396. The topological polar surface area (TPSA) is 77.7 Å². The maximum Gasteiger partial charge on any atom is 0.266 e. The number of hydrogen-bond donors (Lipinski definition) is 2. The highest BCUT2D eigenvalue weighted by Crippen LogP contribution is 2.30. The molecular formula is C24H33BrClN6OP. The molecule has 1 atom stereocenters. The number of halogens is 2. The fraction of sp³-hybridized carbons (Fsp3) is 0.458. The molecule has 2 aromatic rings. The Balaban J connectivity index is 0.00000342. The molecule has 2 aliphatic heterocycles. The van der Waals surface area contributed by atoms with Crippen LogP contribution in [0.25, 0.3) is 0 Å². The zero-order valence-electron chi connectivity index (χ0n) is 19.3. The molecule has 184 valence electrons. The van der Waals surface area contributed by atoms with Crippen molar-refractivity contribution in [3.05, 3.63) is 57.2 Å². The molecular weight excluding hydrogens is 535 g/mol. The minimum Gasteiger partial charge on any atom is -0.353 e. The van der Waals surface area contributed by atoms with Gasteiger partial charge in [0.2, 0.25) is 0 Å². The van der Waals surface area contributed by atoms with Gasteiger partial charge in [-0.25, -0.2) is 10.8 Å². The summed E-state index contributed by atoms with van der Waals surface area (Å²) in [6.07, 6.45) is 4.88. The van der Waals surface area contributed by atoms with Crippen LogP contribution in [0.5, 0.6) is 0 Å². The molecule has 2 fully saturated rings. The number of aromatic nitrogens is 1. The van der Waals surface area contributed by atoms with E-state index in [0.717, 1.165) is 67.7 Å². The predicted octanol–water partition coefficient (Wildman–Crippen LogP) is 4.03. The largest absolute Gasteiger partial charge is 0.353 e. The summed E-state index contributed by atoms with van der Waals surface area (Å²) in [5, 5.41) is 0.478. The summed E-state index contributed by atoms with van der Waals surface area (Å²) in [5.41, 5.74) is 4.85. The van der Waals surface area contributed by atoms with Gasteiger partial charge in [-0.3, -0.25) is 20.0 Å². The van der Waals surface area contributed by atoms with Gasteiger partial charge in [-0.2, -0.15) is 0 Å². The van der Waals surface area contributed by atoms with Crippen LogP contribution >= 0.6 is 36.4 Å². The van der Waals surface area contributed by atoms with Crippen molar-refractivity contribution >= 4 is 53.5 Å². The van der Waals surface area contributed by atoms with E-state index in [-0.39, 0.29) is 1.43 Å². The van der Waals surface area contributed by atoms with Gasteiger partial charge in [-0.15, -0.1) is 8.86 Å². The van der Waals surface area contributed by atoms with Crippen LogP contribution in [-0.2, 0) is 0 Å². The van der Waals surface area contributed by atoms with Crippen molar-refractivity contribution in [2.75, 3.05) is 37.6 Å². The van der Waals surface area contributed by atoms with Crippen LogP contribution in [0.2, 0.25) is 5.02 Å². The van der Waals surface area contributed by atoms with Crippen LogP contribution in [0.3, 0.4) is 0 Å². The van der Waals surface area contributed by atoms with Crippen molar-refractivity contribution in [1.29, 1.82) is 0 Å². The Morgan fingerprint density at radius 3 is 2.56 bits per heavy atom. The van der Waals surface area contributed by atoms with Gasteiger partial charge in [0.15, 0.2) is 0 Å². The van der Waals surface area contributed by atoms with Crippen LogP contribution in [-0.4, -0.2) is 70.9 Å². The quantitative estimate of drug-likeness (QED) is 0.238. The summed E-state index contributed by atoms with van der Waals surface area (Å²) in [5.74, 6) is 5.56. The molecule has 2 saturated heterocycles. The summed E-state index contributed by atoms with van der Waals surface area (Å²) in [7, 11) is 3.89. The average molecular weight is 568 g/mol. The van der Waals surface area contributed by atoms with Crippen LogP contribution in [0.1, 0.15) is 43.5 Å². The van der Waals surface area contributed by atoms with Crippen molar-refractivity contribution in [1.82, 2.24) is 20.2 Å². The zero-order chi connectivity index (χ0) is 24.2. The van der Waals surface area contributed by atoms with Gasteiger partial charge in [0, 0.05) is 62.3 Å². The number of piperidine rings is 1. The standard InChI is InChI=1S/C24H31BrClN6OP.H2/c1-2-19-15-31(22-21(26)13-17(14-28-22)23(33)29-27)11-12-32(19)20-7-9-30(10-8-20)24(34)16-3-5-18(25)6-4-16;/h3-6,13-14,19-20,34H,2,7-12,15,27H2,1H3,(H,29,33);1H/t19-;/m0./s1. The number of hydrazine groups is 1. The van der Waals surface area contributed by atoms with E-state index in [4.69, 9.17) is 17.4 Å². The van der Waals surface area contributed by atoms with E-state index in [1.165, 1.54) is 11.8 Å². The molecule has 1 aromatic heterocycles. The van der Waals surface area contributed by atoms with Crippen molar-refractivity contribution in [3.63, 3.8) is 0 Å². The second-order valence-corrected chi connectivity index (χ2v) is 10.6. The normalized spacial score (nSPS) is 20.4. The molecule has 3 heterocycles. The average Bonchev–Trinajstić information content (AvgIpc) is 2.88. The van der Waals surface area contributed by atoms with E-state index in [9.17, 15) is 4.79 Å². The van der Waals surface area contributed by atoms with Crippen molar-refractivity contribution in [3.8, 4) is 0 Å². The number of likely N-dealkylation sites (tertiary alicyclic amines) is 1. The number of nitrogens with zero attached hydrogens (tertiary/aromatic N) is 4. The van der Waals surface area contributed by atoms with Gasteiger partial charge in [0.25, 0.3) is 5.91 Å². The first kappa shape index (κ1) is 25.5. The number of hydrogen-bond acceptors (Lipinski definition) is 5. The van der Waals surface area contributed by atoms with Crippen molar-refractivity contribution < 1.29 is 6.22 Å². The monoisotopic (exact) mass is 566 g/mol. The number of nitrogens with two attached hydrogens (primary N) is 1. The van der Waals surface area contributed by atoms with Gasteiger partial charge in [0.05, 0.1) is 10.6 Å². The number of nitrogen functional groups attached to an aromatic ring is 1. The highest BCUT2D eigenvalue weighted by atomic mass is 79.9. The Bertz CT molecular complexity index is 1040. The predicted molar refractivity (Wildman–Crippen MR) is 147 cm³/mol. The number of amides is 1. The van der Waals surface area contributed by atoms with Crippen LogP contribution in [0.4, 0.5) is 5.82 Å². The summed E-state index contributed by atoms with van der Waals surface area (Å²) in [4.78, 5) is 23.6. The number of pyridine rings is 1. The Hall–Kier alpha value is -1.54. The number of benzene rings is 1. The van der Waals surface area contributed by atoms with Gasteiger partial charge in [-0.05, 0) is 43.0 Å². The molecule has 1 amide bonds. The number of carbonyl (C=O) groups is 1. The molecule has 0 aliphatic carbocycles. The van der Waals surface area contributed by atoms with Crippen molar-refractivity contribution in [2.45, 2.75) is 38.3 Å². The molecule has 3 N–H and O–H groups in total.